The second kappa shape index (κ2) is 4.76. The van der Waals surface area contributed by atoms with Crippen LogP contribution in [0.4, 0.5) is 5.95 Å². The number of nitrogen functional groups attached to an aromatic ring is 1. The Morgan fingerprint density at radius 2 is 2.20 bits per heavy atom. The first-order chi connectivity index (χ1) is 9.65. The summed E-state index contributed by atoms with van der Waals surface area (Å²) in [6, 6.07) is 3.26. The van der Waals surface area contributed by atoms with Gasteiger partial charge in [-0.3, -0.25) is 9.36 Å². The number of nitrogens with zero attached hydrogens (tertiary/aromatic N) is 4. The van der Waals surface area contributed by atoms with Crippen molar-refractivity contribution in [2.24, 2.45) is 0 Å². The van der Waals surface area contributed by atoms with Gasteiger partial charge in [-0.2, -0.15) is 4.98 Å². The van der Waals surface area contributed by atoms with Gasteiger partial charge in [0.05, 0.1) is 12.0 Å². The van der Waals surface area contributed by atoms with Gasteiger partial charge in [-0.05, 0) is 13.0 Å². The van der Waals surface area contributed by atoms with Crippen LogP contribution < -0.4 is 11.3 Å². The molecule has 0 saturated heterocycles. The quantitative estimate of drug-likeness (QED) is 0.727. The number of nitrogens with two attached hydrogens (primary N) is 1. The Morgan fingerprint density at radius 1 is 1.35 bits per heavy atom. The van der Waals surface area contributed by atoms with Crippen LogP contribution >= 0.6 is 0 Å². The lowest BCUT2D eigenvalue weighted by Crippen LogP contribution is -2.22. The molecule has 3 heterocycles. The van der Waals surface area contributed by atoms with E-state index in [9.17, 15) is 4.79 Å². The van der Waals surface area contributed by atoms with Gasteiger partial charge in [-0.15, -0.1) is 0 Å². The zero-order valence-corrected chi connectivity index (χ0v) is 11.0. The summed E-state index contributed by atoms with van der Waals surface area (Å²) in [6.07, 6.45) is 4.03. The molecule has 102 valence electrons. The minimum absolute atomic E-state index is 0.102. The number of aryl methyl sites for hydroxylation is 3. The van der Waals surface area contributed by atoms with Gasteiger partial charge in [0.1, 0.15) is 5.65 Å². The van der Waals surface area contributed by atoms with Crippen molar-refractivity contribution in [2.75, 3.05) is 5.73 Å². The second-order valence-corrected chi connectivity index (χ2v) is 4.55. The lowest BCUT2D eigenvalue weighted by atomic mass is 10.2. The molecular formula is C13H14N6O. The number of imidazole rings is 1. The van der Waals surface area contributed by atoms with Gasteiger partial charge < -0.3 is 10.7 Å². The number of hydrogen-bond donors (Lipinski definition) is 2. The molecule has 0 unspecified atom stereocenters. The standard InChI is InChI=1S/C13H14N6O/c1-8-10-2-3-11(20)19(12(10)18-13(14)17-8)5-4-9-6-15-7-16-9/h2-3,6-7H,4-5H2,1H3,(H,15,16)(H2,14,17,18). The fourth-order valence-electron chi connectivity index (χ4n) is 2.21. The number of aromatic nitrogens is 5. The summed E-state index contributed by atoms with van der Waals surface area (Å²) in [5.41, 5.74) is 7.88. The molecule has 0 atom stereocenters. The first-order valence-corrected chi connectivity index (χ1v) is 6.26. The van der Waals surface area contributed by atoms with Crippen molar-refractivity contribution in [3.8, 4) is 0 Å². The number of aromatic amines is 1. The SMILES string of the molecule is Cc1nc(N)nc2c1ccc(=O)n2CCc1cnc[nH]1. The normalized spacial score (nSPS) is 11.1. The molecule has 3 rings (SSSR count). The Balaban J connectivity index is 2.08. The van der Waals surface area contributed by atoms with Gasteiger partial charge in [-0.1, -0.05) is 0 Å². The van der Waals surface area contributed by atoms with Crippen LogP contribution in [0, 0.1) is 6.92 Å². The monoisotopic (exact) mass is 270 g/mol. The summed E-state index contributed by atoms with van der Waals surface area (Å²) in [4.78, 5) is 27.3. The lowest BCUT2D eigenvalue weighted by Gasteiger charge is -2.10. The van der Waals surface area contributed by atoms with Crippen LogP contribution in [0.1, 0.15) is 11.4 Å². The average Bonchev–Trinajstić information content (AvgIpc) is 2.90. The smallest absolute Gasteiger partial charge is 0.252 e. The molecule has 0 amide bonds. The molecule has 0 aliphatic heterocycles. The van der Waals surface area contributed by atoms with E-state index in [1.165, 1.54) is 6.07 Å². The Hall–Kier alpha value is -2.70. The molecular weight excluding hydrogens is 256 g/mol. The highest BCUT2D eigenvalue weighted by molar-refractivity contribution is 5.78. The topological polar surface area (TPSA) is 102 Å². The van der Waals surface area contributed by atoms with Crippen molar-refractivity contribution in [1.82, 2.24) is 24.5 Å². The van der Waals surface area contributed by atoms with E-state index in [4.69, 9.17) is 5.73 Å². The van der Waals surface area contributed by atoms with Crippen LogP contribution in [0.25, 0.3) is 11.0 Å². The van der Waals surface area contributed by atoms with Crippen molar-refractivity contribution >= 4 is 17.0 Å². The van der Waals surface area contributed by atoms with E-state index < -0.39 is 0 Å². The number of anilines is 1. The molecule has 3 aromatic rings. The van der Waals surface area contributed by atoms with E-state index in [1.807, 2.05) is 6.92 Å². The molecule has 7 nitrogen and oxygen atoms in total. The highest BCUT2D eigenvalue weighted by atomic mass is 16.1. The Labute approximate surface area is 114 Å². The summed E-state index contributed by atoms with van der Waals surface area (Å²) >= 11 is 0. The summed E-state index contributed by atoms with van der Waals surface area (Å²) in [7, 11) is 0. The number of rotatable bonds is 3. The summed E-state index contributed by atoms with van der Waals surface area (Å²) < 4.78 is 1.61. The first-order valence-electron chi connectivity index (χ1n) is 6.26. The number of pyridine rings is 1. The zero-order chi connectivity index (χ0) is 14.1. The van der Waals surface area contributed by atoms with Crippen LogP contribution in [-0.4, -0.2) is 24.5 Å². The zero-order valence-electron chi connectivity index (χ0n) is 11.0. The van der Waals surface area contributed by atoms with Gasteiger partial charge in [0, 0.05) is 36.3 Å². The molecule has 0 aliphatic carbocycles. The number of fused-ring (bicyclic) bond motifs is 1. The van der Waals surface area contributed by atoms with E-state index in [-0.39, 0.29) is 11.5 Å². The van der Waals surface area contributed by atoms with E-state index in [0.29, 0.717) is 18.6 Å². The molecule has 0 aromatic carbocycles. The third-order valence-electron chi connectivity index (χ3n) is 3.21. The van der Waals surface area contributed by atoms with Crippen LogP contribution in [0.15, 0.2) is 29.5 Å². The minimum atomic E-state index is -0.102. The lowest BCUT2D eigenvalue weighted by molar-refractivity contribution is 0.679. The first kappa shape index (κ1) is 12.3. The van der Waals surface area contributed by atoms with E-state index >= 15 is 0 Å². The molecule has 0 spiro atoms. The van der Waals surface area contributed by atoms with E-state index in [2.05, 4.69) is 19.9 Å². The predicted octanol–water partition coefficient (Wildman–Crippen LogP) is 0.648. The van der Waals surface area contributed by atoms with Crippen LogP contribution in [0.5, 0.6) is 0 Å². The van der Waals surface area contributed by atoms with Gasteiger partial charge >= 0.3 is 0 Å². The summed E-state index contributed by atoms with van der Waals surface area (Å²) in [6.45, 7) is 2.36. The Kier molecular flexibility index (Phi) is 2.94. The van der Waals surface area contributed by atoms with Crippen molar-refractivity contribution in [3.05, 3.63) is 46.4 Å². The van der Waals surface area contributed by atoms with Gasteiger partial charge in [0.25, 0.3) is 5.56 Å². The Bertz CT molecular complexity index is 806. The molecule has 0 aliphatic rings. The molecule has 20 heavy (non-hydrogen) atoms. The van der Waals surface area contributed by atoms with Crippen molar-refractivity contribution in [1.29, 1.82) is 0 Å². The maximum absolute atomic E-state index is 12.1. The third kappa shape index (κ3) is 2.13. The van der Waals surface area contributed by atoms with Gasteiger partial charge in [0.2, 0.25) is 5.95 Å². The molecule has 7 heteroatoms. The highest BCUT2D eigenvalue weighted by Gasteiger charge is 2.09. The fraction of sp³-hybridized carbons (Fsp3) is 0.231. The van der Waals surface area contributed by atoms with Crippen LogP contribution in [-0.2, 0) is 13.0 Å². The predicted molar refractivity (Wildman–Crippen MR) is 75.2 cm³/mol. The highest BCUT2D eigenvalue weighted by Crippen LogP contribution is 2.14. The molecule has 3 aromatic heterocycles. The number of H-pyrrole nitrogens is 1. The molecule has 0 fully saturated rings. The summed E-state index contributed by atoms with van der Waals surface area (Å²) in [5.74, 6) is 0.177. The second-order valence-electron chi connectivity index (χ2n) is 4.55. The number of nitrogens with one attached hydrogen (secondary N) is 1. The van der Waals surface area contributed by atoms with Crippen LogP contribution in [0.2, 0.25) is 0 Å². The van der Waals surface area contributed by atoms with Gasteiger partial charge in [-0.25, -0.2) is 9.97 Å². The van der Waals surface area contributed by atoms with Crippen LogP contribution in [0.3, 0.4) is 0 Å². The maximum atomic E-state index is 12.1. The van der Waals surface area contributed by atoms with Gasteiger partial charge in [0.15, 0.2) is 0 Å². The van der Waals surface area contributed by atoms with E-state index in [1.54, 1.807) is 23.2 Å². The van der Waals surface area contributed by atoms with Crippen molar-refractivity contribution in [2.45, 2.75) is 19.9 Å². The van der Waals surface area contributed by atoms with E-state index in [0.717, 1.165) is 16.8 Å². The molecule has 0 radical (unpaired) electrons. The molecule has 3 N–H and O–H groups in total. The largest absolute Gasteiger partial charge is 0.368 e. The molecule has 0 saturated carbocycles. The fourth-order valence-corrected chi connectivity index (χ4v) is 2.21. The molecule has 0 bridgehead atoms. The maximum Gasteiger partial charge on any atom is 0.252 e. The van der Waals surface area contributed by atoms with Crippen molar-refractivity contribution < 1.29 is 0 Å². The summed E-state index contributed by atoms with van der Waals surface area (Å²) in [5, 5.41) is 0.836. The number of hydrogen-bond acceptors (Lipinski definition) is 5. The third-order valence-corrected chi connectivity index (χ3v) is 3.21. The van der Waals surface area contributed by atoms with Crippen molar-refractivity contribution in [3.63, 3.8) is 0 Å². The average molecular weight is 270 g/mol. The minimum Gasteiger partial charge on any atom is -0.368 e. The Morgan fingerprint density at radius 3 is 2.95 bits per heavy atom.